The molecule has 0 bridgehead atoms. The number of likely N-dealkylation sites (N-methyl/N-ethyl adjacent to an activating group) is 2. The van der Waals surface area contributed by atoms with Crippen molar-refractivity contribution in [3.63, 3.8) is 0 Å². The molecule has 0 saturated carbocycles. The van der Waals surface area contributed by atoms with Crippen molar-refractivity contribution in [1.82, 2.24) is 10.2 Å². The Morgan fingerprint density at radius 1 is 1.31 bits per heavy atom. The summed E-state index contributed by atoms with van der Waals surface area (Å²) in [5, 5.41) is 3.14. The van der Waals surface area contributed by atoms with E-state index in [9.17, 15) is 0 Å². The molecule has 0 aliphatic carbocycles. The molecule has 0 atom stereocenters. The molecule has 92 valence electrons. The minimum absolute atomic E-state index is 0. The van der Waals surface area contributed by atoms with E-state index in [1.54, 1.807) is 7.11 Å². The van der Waals surface area contributed by atoms with Gasteiger partial charge in [-0.25, -0.2) is 0 Å². The zero-order chi connectivity index (χ0) is 11.1. The molecule has 0 amide bonds. The lowest BCUT2D eigenvalue weighted by Gasteiger charge is -2.17. The zero-order valence-corrected chi connectivity index (χ0v) is 11.0. The maximum atomic E-state index is 5.31. The summed E-state index contributed by atoms with van der Waals surface area (Å²) < 4.78 is 5.31. The van der Waals surface area contributed by atoms with Crippen molar-refractivity contribution in [3.8, 4) is 5.75 Å². The predicted molar refractivity (Wildman–Crippen MR) is 70.5 cm³/mol. The van der Waals surface area contributed by atoms with Gasteiger partial charge in [0.2, 0.25) is 0 Å². The Morgan fingerprint density at radius 3 is 2.62 bits per heavy atom. The van der Waals surface area contributed by atoms with E-state index in [2.05, 4.69) is 23.3 Å². The first-order chi connectivity index (χ1) is 7.27. The van der Waals surface area contributed by atoms with Crippen LogP contribution in [0.5, 0.6) is 5.75 Å². The van der Waals surface area contributed by atoms with Gasteiger partial charge in [-0.15, -0.1) is 12.4 Å². The number of methoxy groups -OCH3 is 1. The third-order valence-corrected chi connectivity index (χ3v) is 2.38. The molecular formula is C12H21ClN2O. The maximum Gasteiger partial charge on any atom is 0.123 e. The third kappa shape index (κ3) is 4.84. The predicted octanol–water partition coefficient (Wildman–Crippen LogP) is 1.77. The topological polar surface area (TPSA) is 24.5 Å². The summed E-state index contributed by atoms with van der Waals surface area (Å²) in [5.74, 6) is 0.966. The number of benzene rings is 1. The normalized spacial score (nSPS) is 10.0. The zero-order valence-electron chi connectivity index (χ0n) is 10.2. The number of nitrogens with one attached hydrogen (secondary N) is 1. The van der Waals surface area contributed by atoms with Crippen LogP contribution in [-0.4, -0.2) is 39.2 Å². The summed E-state index contributed by atoms with van der Waals surface area (Å²) in [7, 11) is 5.80. The molecule has 0 heterocycles. The second kappa shape index (κ2) is 8.39. The molecule has 0 aromatic heterocycles. The highest BCUT2D eigenvalue weighted by Gasteiger charge is 2.04. The van der Waals surface area contributed by atoms with Crippen LogP contribution in [0.15, 0.2) is 24.3 Å². The van der Waals surface area contributed by atoms with Crippen molar-refractivity contribution >= 4 is 12.4 Å². The lowest BCUT2D eigenvalue weighted by molar-refractivity contribution is 0.318. The summed E-state index contributed by atoms with van der Waals surface area (Å²) in [6, 6.07) is 8.15. The molecule has 0 aliphatic heterocycles. The highest BCUT2D eigenvalue weighted by atomic mass is 35.5. The van der Waals surface area contributed by atoms with Gasteiger partial charge in [-0.2, -0.15) is 0 Å². The smallest absolute Gasteiger partial charge is 0.123 e. The van der Waals surface area contributed by atoms with E-state index in [0.29, 0.717) is 0 Å². The van der Waals surface area contributed by atoms with E-state index in [1.165, 1.54) is 5.56 Å². The summed E-state index contributed by atoms with van der Waals surface area (Å²) in [4.78, 5) is 2.27. The van der Waals surface area contributed by atoms with Crippen LogP contribution >= 0.6 is 12.4 Å². The van der Waals surface area contributed by atoms with Crippen molar-refractivity contribution in [2.45, 2.75) is 6.54 Å². The number of halogens is 1. The van der Waals surface area contributed by atoms with Gasteiger partial charge in [-0.05, 0) is 20.2 Å². The van der Waals surface area contributed by atoms with Gasteiger partial charge < -0.3 is 15.0 Å². The largest absolute Gasteiger partial charge is 0.496 e. The molecule has 0 unspecified atom stereocenters. The highest BCUT2D eigenvalue weighted by Crippen LogP contribution is 2.18. The first-order valence-electron chi connectivity index (χ1n) is 5.23. The molecule has 0 saturated heterocycles. The van der Waals surface area contributed by atoms with E-state index in [1.807, 2.05) is 25.2 Å². The molecule has 0 aliphatic rings. The molecule has 1 aromatic rings. The molecule has 16 heavy (non-hydrogen) atoms. The average Bonchev–Trinajstić information content (AvgIpc) is 2.27. The van der Waals surface area contributed by atoms with Gasteiger partial charge in [-0.1, -0.05) is 18.2 Å². The van der Waals surface area contributed by atoms with E-state index in [-0.39, 0.29) is 12.4 Å². The molecule has 3 nitrogen and oxygen atoms in total. The van der Waals surface area contributed by atoms with Crippen molar-refractivity contribution in [2.24, 2.45) is 0 Å². The third-order valence-electron chi connectivity index (χ3n) is 2.38. The fraction of sp³-hybridized carbons (Fsp3) is 0.500. The van der Waals surface area contributed by atoms with Crippen molar-refractivity contribution in [1.29, 1.82) is 0 Å². The Morgan fingerprint density at radius 2 is 2.00 bits per heavy atom. The van der Waals surface area contributed by atoms with Crippen LogP contribution in [-0.2, 0) is 6.54 Å². The number of hydrogen-bond acceptors (Lipinski definition) is 3. The first-order valence-corrected chi connectivity index (χ1v) is 5.23. The molecule has 4 heteroatoms. The van der Waals surface area contributed by atoms with Gasteiger partial charge in [0.15, 0.2) is 0 Å². The SMILES string of the molecule is CNCCN(C)Cc1ccccc1OC.Cl. The molecular weight excluding hydrogens is 224 g/mol. The monoisotopic (exact) mass is 244 g/mol. The number of hydrogen-bond donors (Lipinski definition) is 1. The molecule has 1 rings (SSSR count). The Kier molecular flexibility index (Phi) is 7.99. The Balaban J connectivity index is 0.00000225. The Bertz CT molecular complexity index is 294. The summed E-state index contributed by atoms with van der Waals surface area (Å²) >= 11 is 0. The lowest BCUT2D eigenvalue weighted by Crippen LogP contribution is -2.27. The number of rotatable bonds is 6. The van der Waals surface area contributed by atoms with Gasteiger partial charge in [0.05, 0.1) is 7.11 Å². The van der Waals surface area contributed by atoms with Crippen LogP contribution in [0.25, 0.3) is 0 Å². The minimum atomic E-state index is 0. The van der Waals surface area contributed by atoms with Crippen LogP contribution in [0, 0.1) is 0 Å². The first kappa shape index (κ1) is 15.2. The van der Waals surface area contributed by atoms with Gasteiger partial charge in [-0.3, -0.25) is 0 Å². The molecule has 0 radical (unpaired) electrons. The van der Waals surface area contributed by atoms with E-state index < -0.39 is 0 Å². The van der Waals surface area contributed by atoms with Gasteiger partial charge in [0.1, 0.15) is 5.75 Å². The van der Waals surface area contributed by atoms with Gasteiger partial charge in [0, 0.05) is 25.2 Å². The van der Waals surface area contributed by atoms with Crippen molar-refractivity contribution in [2.75, 3.05) is 34.3 Å². The fourth-order valence-electron chi connectivity index (χ4n) is 1.51. The maximum absolute atomic E-state index is 5.31. The quantitative estimate of drug-likeness (QED) is 0.826. The number of para-hydroxylation sites is 1. The molecule has 1 N–H and O–H groups in total. The van der Waals surface area contributed by atoms with Gasteiger partial charge in [0.25, 0.3) is 0 Å². The summed E-state index contributed by atoms with van der Waals surface area (Å²) in [6.45, 7) is 2.96. The molecule has 0 spiro atoms. The van der Waals surface area contributed by atoms with E-state index >= 15 is 0 Å². The van der Waals surface area contributed by atoms with Crippen LogP contribution in [0.1, 0.15) is 5.56 Å². The second-order valence-corrected chi connectivity index (χ2v) is 3.65. The van der Waals surface area contributed by atoms with Crippen molar-refractivity contribution < 1.29 is 4.74 Å². The number of nitrogens with zero attached hydrogens (tertiary/aromatic N) is 1. The highest BCUT2D eigenvalue weighted by molar-refractivity contribution is 5.85. The number of ether oxygens (including phenoxy) is 1. The Hall–Kier alpha value is -0.770. The standard InChI is InChI=1S/C12H20N2O.ClH/c1-13-8-9-14(2)10-11-6-4-5-7-12(11)15-3;/h4-7,13H,8-10H2,1-3H3;1H. The van der Waals surface area contributed by atoms with Crippen LogP contribution < -0.4 is 10.1 Å². The average molecular weight is 245 g/mol. The van der Waals surface area contributed by atoms with E-state index in [0.717, 1.165) is 25.4 Å². The fourth-order valence-corrected chi connectivity index (χ4v) is 1.51. The van der Waals surface area contributed by atoms with Crippen LogP contribution in [0.3, 0.4) is 0 Å². The second-order valence-electron chi connectivity index (χ2n) is 3.65. The summed E-state index contributed by atoms with van der Waals surface area (Å²) in [6.07, 6.45) is 0. The van der Waals surface area contributed by atoms with Crippen LogP contribution in [0.2, 0.25) is 0 Å². The lowest BCUT2D eigenvalue weighted by atomic mass is 10.2. The van der Waals surface area contributed by atoms with E-state index in [4.69, 9.17) is 4.74 Å². The Labute approximate surface area is 104 Å². The minimum Gasteiger partial charge on any atom is -0.496 e. The molecule has 1 aromatic carbocycles. The summed E-state index contributed by atoms with van der Waals surface area (Å²) in [5.41, 5.74) is 1.23. The van der Waals surface area contributed by atoms with Crippen LogP contribution in [0.4, 0.5) is 0 Å². The van der Waals surface area contributed by atoms with Gasteiger partial charge >= 0.3 is 0 Å². The van der Waals surface area contributed by atoms with Crippen molar-refractivity contribution in [3.05, 3.63) is 29.8 Å². The molecule has 0 fully saturated rings.